The Balaban J connectivity index is 2.27. The van der Waals surface area contributed by atoms with Gasteiger partial charge in [0.2, 0.25) is 0 Å². The molecule has 18 heavy (non-hydrogen) atoms. The molecule has 1 aromatic heterocycles. The lowest BCUT2D eigenvalue weighted by atomic mass is 10.2. The molecule has 7 nitrogen and oxygen atoms in total. The van der Waals surface area contributed by atoms with Crippen LogP contribution in [0.25, 0.3) is 0 Å². The van der Waals surface area contributed by atoms with Crippen molar-refractivity contribution in [3.8, 4) is 11.9 Å². The largest absolute Gasteiger partial charge is 0.469 e. The predicted octanol–water partition coefficient (Wildman–Crippen LogP) is 1.12. The van der Waals surface area contributed by atoms with Crippen molar-refractivity contribution in [2.45, 2.75) is 31.4 Å². The number of nitriles is 1. The Hall–Kier alpha value is -2.20. The number of rotatable bonds is 3. The molecule has 1 fully saturated rings. The lowest BCUT2D eigenvalue weighted by Crippen LogP contribution is -2.19. The fraction of sp³-hybridized carbons (Fsp3) is 0.455. The number of aromatic nitrogens is 1. The van der Waals surface area contributed by atoms with Gasteiger partial charge in [0.15, 0.2) is 0 Å². The van der Waals surface area contributed by atoms with E-state index in [1.807, 2.05) is 0 Å². The molecule has 0 saturated heterocycles. The van der Waals surface area contributed by atoms with E-state index in [0.29, 0.717) is 6.42 Å². The second kappa shape index (κ2) is 4.98. The van der Waals surface area contributed by atoms with Crippen molar-refractivity contribution in [3.63, 3.8) is 0 Å². The van der Waals surface area contributed by atoms with Crippen molar-refractivity contribution >= 4 is 5.69 Å². The van der Waals surface area contributed by atoms with E-state index >= 15 is 0 Å². The number of hydrogen-bond donors (Lipinski definition) is 1. The van der Waals surface area contributed by atoms with Crippen LogP contribution in [0, 0.1) is 21.4 Å². The quantitative estimate of drug-likeness (QED) is 0.633. The van der Waals surface area contributed by atoms with E-state index in [9.17, 15) is 10.1 Å². The molecule has 1 aromatic rings. The first kappa shape index (κ1) is 12.3. The molecule has 0 spiro atoms. The average Bonchev–Trinajstić information content (AvgIpc) is 2.74. The molecular weight excluding hydrogens is 236 g/mol. The van der Waals surface area contributed by atoms with Crippen molar-refractivity contribution in [1.82, 2.24) is 4.98 Å². The number of nitrogens with zero attached hydrogens (tertiary/aromatic N) is 3. The van der Waals surface area contributed by atoms with Crippen molar-refractivity contribution < 1.29 is 9.66 Å². The van der Waals surface area contributed by atoms with Gasteiger partial charge < -0.3 is 10.5 Å². The highest BCUT2D eigenvalue weighted by Crippen LogP contribution is 2.31. The van der Waals surface area contributed by atoms with Crippen LogP contribution in [-0.4, -0.2) is 22.1 Å². The Morgan fingerprint density at radius 2 is 2.39 bits per heavy atom. The van der Waals surface area contributed by atoms with Gasteiger partial charge in [0.1, 0.15) is 17.7 Å². The molecule has 2 rings (SSSR count). The number of nitro groups is 1. The normalized spacial score (nSPS) is 22.4. The number of ether oxygens (including phenoxy) is 1. The molecule has 0 aliphatic heterocycles. The Labute approximate surface area is 103 Å². The highest BCUT2D eigenvalue weighted by Gasteiger charge is 2.28. The fourth-order valence-electron chi connectivity index (χ4n) is 2.03. The molecule has 7 heteroatoms. The van der Waals surface area contributed by atoms with Gasteiger partial charge in [0.05, 0.1) is 4.92 Å². The summed E-state index contributed by atoms with van der Waals surface area (Å²) in [6, 6.07) is 3.12. The zero-order valence-corrected chi connectivity index (χ0v) is 9.57. The summed E-state index contributed by atoms with van der Waals surface area (Å²) in [5.41, 5.74) is 5.32. The van der Waals surface area contributed by atoms with E-state index in [2.05, 4.69) is 4.98 Å². The molecule has 1 saturated carbocycles. The topological polar surface area (TPSA) is 115 Å². The van der Waals surface area contributed by atoms with Gasteiger partial charge in [-0.2, -0.15) is 5.26 Å². The molecule has 1 aliphatic carbocycles. The van der Waals surface area contributed by atoms with E-state index in [1.54, 1.807) is 6.07 Å². The van der Waals surface area contributed by atoms with Crippen LogP contribution in [0.3, 0.4) is 0 Å². The lowest BCUT2D eigenvalue weighted by molar-refractivity contribution is -0.386. The van der Waals surface area contributed by atoms with E-state index in [4.69, 9.17) is 15.7 Å². The van der Waals surface area contributed by atoms with Crippen molar-refractivity contribution in [3.05, 3.63) is 27.9 Å². The molecule has 1 aliphatic rings. The lowest BCUT2D eigenvalue weighted by Gasteiger charge is -2.12. The van der Waals surface area contributed by atoms with Crippen LogP contribution in [-0.2, 0) is 0 Å². The monoisotopic (exact) mass is 248 g/mol. The van der Waals surface area contributed by atoms with E-state index in [-0.39, 0.29) is 29.3 Å². The molecule has 2 atom stereocenters. The van der Waals surface area contributed by atoms with Gasteiger partial charge in [0.25, 0.3) is 5.88 Å². The number of hydrogen-bond acceptors (Lipinski definition) is 6. The summed E-state index contributed by atoms with van der Waals surface area (Å²) < 4.78 is 5.50. The molecule has 2 unspecified atom stereocenters. The maximum Gasteiger partial charge on any atom is 0.348 e. The molecule has 2 N–H and O–H groups in total. The standard InChI is InChI=1S/C11H12N4O3/c12-6-7-3-4-14-11(10(7)15(16)17)18-9-2-1-8(13)5-9/h3-4,8-9H,1-2,5,13H2. The van der Waals surface area contributed by atoms with Crippen LogP contribution < -0.4 is 10.5 Å². The van der Waals surface area contributed by atoms with Crippen LogP contribution in [0.2, 0.25) is 0 Å². The van der Waals surface area contributed by atoms with Gasteiger partial charge in [-0.1, -0.05) is 0 Å². The SMILES string of the molecule is N#Cc1ccnc(OC2CCC(N)C2)c1[N+](=O)[O-]. The molecule has 0 aromatic carbocycles. The summed E-state index contributed by atoms with van der Waals surface area (Å²) in [6.45, 7) is 0. The zero-order valence-electron chi connectivity index (χ0n) is 9.57. The number of nitrogens with two attached hydrogens (primary N) is 1. The second-order valence-corrected chi connectivity index (χ2v) is 4.19. The third kappa shape index (κ3) is 2.38. The van der Waals surface area contributed by atoms with E-state index in [0.717, 1.165) is 12.8 Å². The Morgan fingerprint density at radius 1 is 1.61 bits per heavy atom. The predicted molar refractivity (Wildman–Crippen MR) is 61.8 cm³/mol. The summed E-state index contributed by atoms with van der Waals surface area (Å²) >= 11 is 0. The highest BCUT2D eigenvalue weighted by molar-refractivity contribution is 5.54. The van der Waals surface area contributed by atoms with Gasteiger partial charge in [0, 0.05) is 12.2 Å². The highest BCUT2D eigenvalue weighted by atomic mass is 16.6. The first-order chi connectivity index (χ1) is 8.61. The van der Waals surface area contributed by atoms with Gasteiger partial charge in [-0.15, -0.1) is 0 Å². The number of pyridine rings is 1. The summed E-state index contributed by atoms with van der Waals surface area (Å²) in [7, 11) is 0. The minimum atomic E-state index is -0.643. The average molecular weight is 248 g/mol. The third-order valence-electron chi connectivity index (χ3n) is 2.90. The Morgan fingerprint density at radius 3 is 2.94 bits per heavy atom. The summed E-state index contributed by atoms with van der Waals surface area (Å²) in [4.78, 5) is 14.1. The van der Waals surface area contributed by atoms with Gasteiger partial charge in [-0.05, 0) is 25.3 Å². The molecule has 0 bridgehead atoms. The smallest absolute Gasteiger partial charge is 0.348 e. The minimum Gasteiger partial charge on any atom is -0.469 e. The maximum absolute atomic E-state index is 10.9. The fourth-order valence-corrected chi connectivity index (χ4v) is 2.03. The van der Waals surface area contributed by atoms with Crippen LogP contribution in [0.4, 0.5) is 5.69 Å². The molecule has 94 valence electrons. The summed E-state index contributed by atoms with van der Waals surface area (Å²) in [5.74, 6) is -0.0989. The van der Waals surface area contributed by atoms with Crippen molar-refractivity contribution in [1.29, 1.82) is 5.26 Å². The van der Waals surface area contributed by atoms with Gasteiger partial charge in [-0.3, -0.25) is 10.1 Å². The van der Waals surface area contributed by atoms with Gasteiger partial charge >= 0.3 is 5.69 Å². The Bertz CT molecular complexity index is 512. The summed E-state index contributed by atoms with van der Waals surface area (Å²) in [5, 5.41) is 19.8. The Kier molecular flexibility index (Phi) is 3.39. The minimum absolute atomic E-state index is 0.0488. The zero-order chi connectivity index (χ0) is 13.1. The maximum atomic E-state index is 10.9. The van der Waals surface area contributed by atoms with E-state index < -0.39 is 4.92 Å². The molecule has 1 heterocycles. The van der Waals surface area contributed by atoms with Crippen LogP contribution >= 0.6 is 0 Å². The van der Waals surface area contributed by atoms with E-state index in [1.165, 1.54) is 12.3 Å². The van der Waals surface area contributed by atoms with Crippen molar-refractivity contribution in [2.75, 3.05) is 0 Å². The van der Waals surface area contributed by atoms with Crippen LogP contribution in [0.15, 0.2) is 12.3 Å². The van der Waals surface area contributed by atoms with Crippen LogP contribution in [0.1, 0.15) is 24.8 Å². The first-order valence-corrected chi connectivity index (χ1v) is 5.57. The summed E-state index contributed by atoms with van der Waals surface area (Å²) in [6.07, 6.45) is 3.39. The molecular formula is C11H12N4O3. The molecule has 0 radical (unpaired) electrons. The third-order valence-corrected chi connectivity index (χ3v) is 2.90. The second-order valence-electron chi connectivity index (χ2n) is 4.19. The molecule has 0 amide bonds. The van der Waals surface area contributed by atoms with Crippen molar-refractivity contribution in [2.24, 2.45) is 5.73 Å². The van der Waals surface area contributed by atoms with Gasteiger partial charge in [-0.25, -0.2) is 4.98 Å². The van der Waals surface area contributed by atoms with Crippen LogP contribution in [0.5, 0.6) is 5.88 Å². The first-order valence-electron chi connectivity index (χ1n) is 5.57.